The van der Waals surface area contributed by atoms with E-state index in [-0.39, 0.29) is 5.41 Å². The molecule has 0 aromatic carbocycles. The molecule has 0 heterocycles. The maximum Gasteiger partial charge on any atom is -0.00690 e. The Morgan fingerprint density at radius 3 is 2.33 bits per heavy atom. The van der Waals surface area contributed by atoms with Gasteiger partial charge < -0.3 is 5.73 Å². The topological polar surface area (TPSA) is 26.0 Å². The first kappa shape index (κ1) is 11.7. The Morgan fingerprint density at radius 2 is 2.00 bits per heavy atom. The Hall–Kier alpha value is -0.300. The predicted octanol–water partition coefficient (Wildman–Crippen LogP) is 3.11. The summed E-state index contributed by atoms with van der Waals surface area (Å²) in [5.74, 6) is 0. The van der Waals surface area contributed by atoms with Gasteiger partial charge in [0.05, 0.1) is 0 Å². The van der Waals surface area contributed by atoms with E-state index in [1.165, 1.54) is 12.0 Å². The molecule has 72 valence electrons. The quantitative estimate of drug-likeness (QED) is 0.607. The summed E-state index contributed by atoms with van der Waals surface area (Å²) in [5.41, 5.74) is 7.24. The molecule has 1 heteroatoms. The van der Waals surface area contributed by atoms with Crippen LogP contribution in [0.4, 0.5) is 0 Å². The fourth-order valence-electron chi connectivity index (χ4n) is 1.53. The van der Waals surface area contributed by atoms with E-state index >= 15 is 0 Å². The SMILES string of the molecule is C=C(CCC)[C@](C)(CC)CCN. The Labute approximate surface area is 77.0 Å². The number of hydrogen-bond acceptors (Lipinski definition) is 1. The van der Waals surface area contributed by atoms with Crippen LogP contribution in [-0.2, 0) is 0 Å². The van der Waals surface area contributed by atoms with Crippen LogP contribution in [0.1, 0.15) is 46.5 Å². The van der Waals surface area contributed by atoms with Crippen molar-refractivity contribution >= 4 is 0 Å². The molecule has 0 radical (unpaired) electrons. The summed E-state index contributed by atoms with van der Waals surface area (Å²) in [6.07, 6.45) is 4.56. The lowest BCUT2D eigenvalue weighted by Crippen LogP contribution is -2.22. The highest BCUT2D eigenvalue weighted by Gasteiger charge is 2.23. The highest BCUT2D eigenvalue weighted by atomic mass is 14.5. The molecule has 1 nitrogen and oxygen atoms in total. The van der Waals surface area contributed by atoms with E-state index in [1.54, 1.807) is 0 Å². The van der Waals surface area contributed by atoms with Crippen molar-refractivity contribution < 1.29 is 0 Å². The van der Waals surface area contributed by atoms with E-state index in [1.807, 2.05) is 0 Å². The van der Waals surface area contributed by atoms with E-state index in [0.717, 1.165) is 25.8 Å². The van der Waals surface area contributed by atoms with Gasteiger partial charge in [0.25, 0.3) is 0 Å². The molecular formula is C11H23N. The Bertz CT molecular complexity index is 140. The van der Waals surface area contributed by atoms with Gasteiger partial charge in [0.2, 0.25) is 0 Å². The Morgan fingerprint density at radius 1 is 1.42 bits per heavy atom. The van der Waals surface area contributed by atoms with Crippen molar-refractivity contribution in [1.29, 1.82) is 0 Å². The number of rotatable bonds is 6. The van der Waals surface area contributed by atoms with Crippen LogP contribution < -0.4 is 5.73 Å². The number of nitrogens with two attached hydrogens (primary N) is 1. The van der Waals surface area contributed by atoms with Gasteiger partial charge in [-0.2, -0.15) is 0 Å². The minimum atomic E-state index is 0.282. The molecule has 0 rings (SSSR count). The van der Waals surface area contributed by atoms with Crippen molar-refractivity contribution in [3.8, 4) is 0 Å². The van der Waals surface area contributed by atoms with Crippen LogP contribution in [0, 0.1) is 5.41 Å². The normalized spacial score (nSPS) is 15.7. The zero-order chi connectivity index (χ0) is 9.61. The summed E-state index contributed by atoms with van der Waals surface area (Å²) in [6.45, 7) is 11.6. The maximum atomic E-state index is 5.58. The Balaban J connectivity index is 4.18. The molecule has 0 aliphatic carbocycles. The standard InChI is InChI=1S/C11H23N/c1-5-7-10(3)11(4,6-2)8-9-12/h3,5-9,12H2,1-2,4H3/t11-/m1/s1. The molecule has 0 saturated heterocycles. The first-order valence-electron chi connectivity index (χ1n) is 4.99. The fraction of sp³-hybridized carbons (Fsp3) is 0.818. The van der Waals surface area contributed by atoms with Gasteiger partial charge in [-0.05, 0) is 31.2 Å². The van der Waals surface area contributed by atoms with Crippen LogP contribution >= 0.6 is 0 Å². The minimum Gasteiger partial charge on any atom is -0.330 e. The second kappa shape index (κ2) is 5.36. The zero-order valence-electron chi connectivity index (χ0n) is 8.82. The van der Waals surface area contributed by atoms with E-state index in [4.69, 9.17) is 5.73 Å². The smallest absolute Gasteiger partial charge is 0.00690 e. The number of allylic oxidation sites excluding steroid dienone is 1. The van der Waals surface area contributed by atoms with Crippen molar-refractivity contribution in [3.05, 3.63) is 12.2 Å². The molecule has 0 bridgehead atoms. The van der Waals surface area contributed by atoms with Crippen molar-refractivity contribution in [3.63, 3.8) is 0 Å². The summed E-state index contributed by atoms with van der Waals surface area (Å²) in [5, 5.41) is 0. The molecule has 2 N–H and O–H groups in total. The van der Waals surface area contributed by atoms with E-state index in [0.29, 0.717) is 0 Å². The van der Waals surface area contributed by atoms with Gasteiger partial charge in [-0.25, -0.2) is 0 Å². The molecule has 0 fully saturated rings. The highest BCUT2D eigenvalue weighted by Crippen LogP contribution is 2.35. The van der Waals surface area contributed by atoms with Gasteiger partial charge in [0.15, 0.2) is 0 Å². The van der Waals surface area contributed by atoms with Crippen LogP contribution in [0.5, 0.6) is 0 Å². The van der Waals surface area contributed by atoms with Crippen molar-refractivity contribution in [2.24, 2.45) is 11.1 Å². The Kier molecular flexibility index (Phi) is 5.23. The van der Waals surface area contributed by atoms with Gasteiger partial charge >= 0.3 is 0 Å². The summed E-state index contributed by atoms with van der Waals surface area (Å²) >= 11 is 0. The molecule has 0 aliphatic heterocycles. The molecule has 0 unspecified atom stereocenters. The fourth-order valence-corrected chi connectivity index (χ4v) is 1.53. The van der Waals surface area contributed by atoms with Gasteiger partial charge in [0, 0.05) is 0 Å². The van der Waals surface area contributed by atoms with Crippen LogP contribution in [0.3, 0.4) is 0 Å². The van der Waals surface area contributed by atoms with E-state index < -0.39 is 0 Å². The predicted molar refractivity (Wildman–Crippen MR) is 56.1 cm³/mol. The molecule has 1 atom stereocenters. The molecule has 12 heavy (non-hydrogen) atoms. The van der Waals surface area contributed by atoms with Crippen LogP contribution in [-0.4, -0.2) is 6.54 Å². The van der Waals surface area contributed by atoms with Crippen LogP contribution in [0.25, 0.3) is 0 Å². The average Bonchev–Trinajstić information content (AvgIpc) is 2.05. The van der Waals surface area contributed by atoms with E-state index in [2.05, 4.69) is 27.4 Å². The van der Waals surface area contributed by atoms with Gasteiger partial charge in [-0.3, -0.25) is 0 Å². The van der Waals surface area contributed by atoms with Gasteiger partial charge in [-0.15, -0.1) is 0 Å². The molecule has 0 amide bonds. The molecule has 0 aromatic heterocycles. The summed E-state index contributed by atoms with van der Waals surface area (Å²) in [4.78, 5) is 0. The third-order valence-electron chi connectivity index (χ3n) is 2.88. The molecule has 0 saturated carbocycles. The maximum absolute atomic E-state index is 5.58. The van der Waals surface area contributed by atoms with Crippen LogP contribution in [0.15, 0.2) is 12.2 Å². The third kappa shape index (κ3) is 2.98. The summed E-state index contributed by atoms with van der Waals surface area (Å²) in [6, 6.07) is 0. The van der Waals surface area contributed by atoms with Gasteiger partial charge in [0.1, 0.15) is 0 Å². The lowest BCUT2D eigenvalue weighted by atomic mass is 9.76. The molecular weight excluding hydrogens is 146 g/mol. The lowest BCUT2D eigenvalue weighted by Gasteiger charge is -2.30. The lowest BCUT2D eigenvalue weighted by molar-refractivity contribution is 0.346. The third-order valence-corrected chi connectivity index (χ3v) is 2.88. The molecule has 0 aromatic rings. The monoisotopic (exact) mass is 169 g/mol. The average molecular weight is 169 g/mol. The summed E-state index contributed by atoms with van der Waals surface area (Å²) < 4.78 is 0. The second-order valence-electron chi connectivity index (χ2n) is 3.81. The van der Waals surface area contributed by atoms with Crippen molar-refractivity contribution in [2.45, 2.75) is 46.5 Å². The van der Waals surface area contributed by atoms with Crippen LogP contribution in [0.2, 0.25) is 0 Å². The minimum absolute atomic E-state index is 0.282. The van der Waals surface area contributed by atoms with E-state index in [9.17, 15) is 0 Å². The second-order valence-corrected chi connectivity index (χ2v) is 3.81. The largest absolute Gasteiger partial charge is 0.330 e. The summed E-state index contributed by atoms with van der Waals surface area (Å²) in [7, 11) is 0. The van der Waals surface area contributed by atoms with Gasteiger partial charge in [-0.1, -0.05) is 39.3 Å². The highest BCUT2D eigenvalue weighted by molar-refractivity contribution is 5.08. The van der Waals surface area contributed by atoms with Crippen molar-refractivity contribution in [2.75, 3.05) is 6.54 Å². The molecule has 0 aliphatic rings. The number of hydrogen-bond donors (Lipinski definition) is 1. The first-order valence-corrected chi connectivity index (χ1v) is 4.99. The zero-order valence-corrected chi connectivity index (χ0v) is 8.82. The molecule has 0 spiro atoms. The first-order chi connectivity index (χ1) is 5.60. The van der Waals surface area contributed by atoms with Crippen molar-refractivity contribution in [1.82, 2.24) is 0 Å².